The smallest absolute Gasteiger partial charge is 0.238 e. The van der Waals surface area contributed by atoms with Gasteiger partial charge in [0, 0.05) is 12.3 Å². The Bertz CT molecular complexity index is 592. The second kappa shape index (κ2) is 5.28. The minimum atomic E-state index is -3.77. The lowest BCUT2D eigenvalue weighted by atomic mass is 10.1. The van der Waals surface area contributed by atoms with Gasteiger partial charge in [-0.1, -0.05) is 6.07 Å². The monoisotopic (exact) mass is 284 g/mol. The van der Waals surface area contributed by atoms with Gasteiger partial charge in [0.05, 0.1) is 17.4 Å². The number of carbonyl (C=O) groups is 1. The third-order valence-electron chi connectivity index (χ3n) is 3.10. The first kappa shape index (κ1) is 14.0. The summed E-state index contributed by atoms with van der Waals surface area (Å²) in [6.07, 6.45) is 0.680. The number of primary sulfonamides is 1. The molecule has 7 heteroatoms. The van der Waals surface area contributed by atoms with Crippen LogP contribution in [0, 0.1) is 12.8 Å². The van der Waals surface area contributed by atoms with Gasteiger partial charge in [0.15, 0.2) is 0 Å². The number of sulfonamides is 1. The number of nitrogens with one attached hydrogen (secondary N) is 1. The Kier molecular flexibility index (Phi) is 3.88. The second-order valence-electron chi connectivity index (χ2n) is 4.57. The molecule has 1 saturated heterocycles. The number of rotatable bonds is 3. The van der Waals surface area contributed by atoms with Gasteiger partial charge in [-0.25, -0.2) is 13.6 Å². The van der Waals surface area contributed by atoms with Crippen LogP contribution in [0.1, 0.15) is 12.0 Å². The molecular weight excluding hydrogens is 268 g/mol. The Morgan fingerprint density at radius 3 is 2.79 bits per heavy atom. The molecule has 2 rings (SSSR count). The first-order valence-corrected chi connectivity index (χ1v) is 7.44. The maximum Gasteiger partial charge on any atom is 0.238 e. The standard InChI is InChI=1S/C12H16N2O4S/c1-8-2-3-10(19(13,16)17)6-11(8)14-12(15)9-4-5-18-7-9/h2-3,6,9H,4-5,7H2,1H3,(H,14,15)(H2,13,16,17). The van der Waals surface area contributed by atoms with Crippen molar-refractivity contribution in [2.45, 2.75) is 18.2 Å². The number of anilines is 1. The van der Waals surface area contributed by atoms with E-state index in [0.717, 1.165) is 5.56 Å². The van der Waals surface area contributed by atoms with Gasteiger partial charge in [0.2, 0.25) is 15.9 Å². The maximum absolute atomic E-state index is 12.0. The average Bonchev–Trinajstić information content (AvgIpc) is 2.84. The van der Waals surface area contributed by atoms with Crippen LogP contribution in [0.5, 0.6) is 0 Å². The zero-order valence-electron chi connectivity index (χ0n) is 10.5. The lowest BCUT2D eigenvalue weighted by Crippen LogP contribution is -2.23. The maximum atomic E-state index is 12.0. The number of amides is 1. The highest BCUT2D eigenvalue weighted by molar-refractivity contribution is 7.89. The molecule has 0 aromatic heterocycles. The molecule has 104 valence electrons. The highest BCUT2D eigenvalue weighted by Gasteiger charge is 2.24. The molecule has 0 saturated carbocycles. The third kappa shape index (κ3) is 3.31. The summed E-state index contributed by atoms with van der Waals surface area (Å²) in [6, 6.07) is 4.40. The number of aryl methyl sites for hydroxylation is 1. The first-order valence-electron chi connectivity index (χ1n) is 5.90. The Labute approximate surface area is 112 Å². The van der Waals surface area contributed by atoms with E-state index in [1.807, 2.05) is 0 Å². The van der Waals surface area contributed by atoms with Gasteiger partial charge >= 0.3 is 0 Å². The molecule has 0 spiro atoms. The molecule has 1 atom stereocenters. The summed E-state index contributed by atoms with van der Waals surface area (Å²) in [4.78, 5) is 11.9. The van der Waals surface area contributed by atoms with Crippen LogP contribution in [0.2, 0.25) is 0 Å². The quantitative estimate of drug-likeness (QED) is 0.850. The van der Waals surface area contributed by atoms with Gasteiger partial charge < -0.3 is 10.1 Å². The fraction of sp³-hybridized carbons (Fsp3) is 0.417. The van der Waals surface area contributed by atoms with E-state index < -0.39 is 10.0 Å². The summed E-state index contributed by atoms with van der Waals surface area (Å²) < 4.78 is 27.7. The summed E-state index contributed by atoms with van der Waals surface area (Å²) in [5, 5.41) is 7.79. The van der Waals surface area contributed by atoms with E-state index in [-0.39, 0.29) is 16.7 Å². The van der Waals surface area contributed by atoms with Crippen LogP contribution in [-0.2, 0) is 19.6 Å². The Morgan fingerprint density at radius 2 is 2.21 bits per heavy atom. The predicted octanol–water partition coefficient (Wildman–Crippen LogP) is 0.617. The van der Waals surface area contributed by atoms with Crippen LogP contribution in [-0.4, -0.2) is 27.5 Å². The summed E-state index contributed by atoms with van der Waals surface area (Å²) in [5.41, 5.74) is 1.24. The molecule has 1 aliphatic heterocycles. The molecule has 1 aliphatic rings. The fourth-order valence-corrected chi connectivity index (χ4v) is 2.43. The topological polar surface area (TPSA) is 98.5 Å². The molecule has 3 N–H and O–H groups in total. The number of hydrogen-bond donors (Lipinski definition) is 2. The molecule has 0 radical (unpaired) electrons. The van der Waals surface area contributed by atoms with Crippen molar-refractivity contribution in [2.24, 2.45) is 11.1 Å². The Balaban J connectivity index is 2.22. The third-order valence-corrected chi connectivity index (χ3v) is 4.01. The highest BCUT2D eigenvalue weighted by Crippen LogP contribution is 2.21. The molecular formula is C12H16N2O4S. The first-order chi connectivity index (χ1) is 8.88. The number of benzene rings is 1. The Hall–Kier alpha value is -1.44. The minimum Gasteiger partial charge on any atom is -0.381 e. The molecule has 6 nitrogen and oxygen atoms in total. The predicted molar refractivity (Wildman–Crippen MR) is 70.1 cm³/mol. The molecule has 1 heterocycles. The van der Waals surface area contributed by atoms with Crippen molar-refractivity contribution >= 4 is 21.6 Å². The van der Waals surface area contributed by atoms with Gasteiger partial charge in [-0.3, -0.25) is 4.79 Å². The molecule has 1 amide bonds. The number of ether oxygens (including phenoxy) is 1. The van der Waals surface area contributed by atoms with E-state index >= 15 is 0 Å². The van der Waals surface area contributed by atoms with Crippen molar-refractivity contribution in [1.29, 1.82) is 0 Å². The number of nitrogens with two attached hydrogens (primary N) is 1. The normalized spacial score (nSPS) is 19.4. The Morgan fingerprint density at radius 1 is 1.47 bits per heavy atom. The van der Waals surface area contributed by atoms with Crippen molar-refractivity contribution in [1.82, 2.24) is 0 Å². The van der Waals surface area contributed by atoms with Gasteiger partial charge in [0.25, 0.3) is 0 Å². The van der Waals surface area contributed by atoms with Crippen LogP contribution in [0.25, 0.3) is 0 Å². The fourth-order valence-electron chi connectivity index (χ4n) is 1.89. The molecule has 1 fully saturated rings. The molecule has 0 aliphatic carbocycles. The zero-order valence-corrected chi connectivity index (χ0v) is 11.4. The van der Waals surface area contributed by atoms with Crippen LogP contribution in [0.3, 0.4) is 0 Å². The molecule has 0 bridgehead atoms. The lowest BCUT2D eigenvalue weighted by molar-refractivity contribution is -0.119. The number of hydrogen-bond acceptors (Lipinski definition) is 4. The highest BCUT2D eigenvalue weighted by atomic mass is 32.2. The van der Waals surface area contributed by atoms with Crippen molar-refractivity contribution in [3.8, 4) is 0 Å². The largest absolute Gasteiger partial charge is 0.381 e. The SMILES string of the molecule is Cc1ccc(S(N)(=O)=O)cc1NC(=O)C1CCOC1. The van der Waals surface area contributed by atoms with E-state index in [4.69, 9.17) is 9.88 Å². The summed E-state index contributed by atoms with van der Waals surface area (Å²) in [6.45, 7) is 2.77. The molecule has 1 aromatic rings. The van der Waals surface area contributed by atoms with Gasteiger partial charge in [-0.05, 0) is 31.0 Å². The second-order valence-corrected chi connectivity index (χ2v) is 6.13. The van der Waals surface area contributed by atoms with Crippen LogP contribution < -0.4 is 10.5 Å². The van der Waals surface area contributed by atoms with Gasteiger partial charge in [-0.15, -0.1) is 0 Å². The van der Waals surface area contributed by atoms with Crippen LogP contribution in [0.15, 0.2) is 23.1 Å². The number of carbonyl (C=O) groups excluding carboxylic acids is 1. The van der Waals surface area contributed by atoms with E-state index in [1.54, 1.807) is 13.0 Å². The lowest BCUT2D eigenvalue weighted by Gasteiger charge is -2.12. The molecule has 19 heavy (non-hydrogen) atoms. The average molecular weight is 284 g/mol. The minimum absolute atomic E-state index is 0.0175. The van der Waals surface area contributed by atoms with Crippen LogP contribution in [0.4, 0.5) is 5.69 Å². The van der Waals surface area contributed by atoms with Crippen molar-refractivity contribution in [2.75, 3.05) is 18.5 Å². The van der Waals surface area contributed by atoms with Crippen LogP contribution >= 0.6 is 0 Å². The van der Waals surface area contributed by atoms with Gasteiger partial charge in [-0.2, -0.15) is 0 Å². The summed E-state index contributed by atoms with van der Waals surface area (Å²) in [7, 11) is -3.77. The molecule has 1 aromatic carbocycles. The zero-order chi connectivity index (χ0) is 14.0. The van der Waals surface area contributed by atoms with Crippen molar-refractivity contribution in [3.63, 3.8) is 0 Å². The van der Waals surface area contributed by atoms with E-state index in [0.29, 0.717) is 25.3 Å². The summed E-state index contributed by atoms with van der Waals surface area (Å²) in [5.74, 6) is -0.343. The molecule has 1 unspecified atom stereocenters. The van der Waals surface area contributed by atoms with Crippen molar-refractivity contribution in [3.05, 3.63) is 23.8 Å². The van der Waals surface area contributed by atoms with E-state index in [2.05, 4.69) is 5.32 Å². The van der Waals surface area contributed by atoms with E-state index in [9.17, 15) is 13.2 Å². The summed E-state index contributed by atoms with van der Waals surface area (Å²) >= 11 is 0. The van der Waals surface area contributed by atoms with Crippen molar-refractivity contribution < 1.29 is 17.9 Å². The van der Waals surface area contributed by atoms with Gasteiger partial charge in [0.1, 0.15) is 0 Å². The van der Waals surface area contributed by atoms with E-state index in [1.165, 1.54) is 12.1 Å².